The Morgan fingerprint density at radius 3 is 2.20 bits per heavy atom. The second-order valence-electron chi connectivity index (χ2n) is 21.9. The zero-order valence-electron chi connectivity index (χ0n) is 46.2. The van der Waals surface area contributed by atoms with E-state index in [4.69, 9.17) is 42.3 Å². The number of carbonyl (C=O) groups excluding carboxylic acids is 4. The van der Waals surface area contributed by atoms with E-state index in [9.17, 15) is 34.5 Å². The highest BCUT2D eigenvalue weighted by Gasteiger charge is 2.52. The lowest BCUT2D eigenvalue weighted by atomic mass is 9.77. The van der Waals surface area contributed by atoms with Gasteiger partial charge in [-0.15, -0.1) is 0 Å². The SMILES string of the molecule is CC[C@H]1OC(=O)[C@H](C)[C@@H](OC2CC(C)(C)[C@@H](OC(=O)NNC(=O)/C=C/c3ccco3)[C@H](C)O2)[C@H](C)[C@@H](O[C@@H]2O[C@H](C)C[C@H](N(C)C)[C@H]2O)[C@@](C)(O)C[C@@H](C)CN(C)[C@H](C)[C@@H](OC(=O)NCc2ccc(OC)cc2)[C@H]1O. The van der Waals surface area contributed by atoms with E-state index in [0.717, 1.165) is 5.56 Å². The quantitative estimate of drug-likeness (QED) is 0.0656. The Morgan fingerprint density at radius 1 is 0.893 bits per heavy atom. The summed E-state index contributed by atoms with van der Waals surface area (Å²) in [4.78, 5) is 57.6. The van der Waals surface area contributed by atoms with Crippen molar-refractivity contribution in [3.8, 4) is 5.75 Å². The molecule has 1 aromatic carbocycles. The maximum Gasteiger partial charge on any atom is 0.426 e. The van der Waals surface area contributed by atoms with Crippen molar-refractivity contribution in [2.75, 3.05) is 34.8 Å². The molecular formula is C54H85N5O16. The van der Waals surface area contributed by atoms with Gasteiger partial charge in [0.15, 0.2) is 12.6 Å². The average molecular weight is 1060 g/mol. The molecule has 0 spiro atoms. The van der Waals surface area contributed by atoms with Gasteiger partial charge in [-0.05, 0) is 117 Å². The Bertz CT molecular complexity index is 2160. The number of cyclic esters (lactones) is 1. The predicted octanol–water partition coefficient (Wildman–Crippen LogP) is 5.15. The van der Waals surface area contributed by atoms with E-state index in [1.165, 1.54) is 18.4 Å². The summed E-state index contributed by atoms with van der Waals surface area (Å²) in [6, 6.07) is 9.52. The summed E-state index contributed by atoms with van der Waals surface area (Å²) >= 11 is 0. The lowest BCUT2D eigenvalue weighted by molar-refractivity contribution is -0.312. The normalized spacial score (nSPS) is 35.4. The summed E-state index contributed by atoms with van der Waals surface area (Å²) in [5.74, 6) is -2.53. The first-order valence-electron chi connectivity index (χ1n) is 26.1. The summed E-state index contributed by atoms with van der Waals surface area (Å²) < 4.78 is 55.0. The van der Waals surface area contributed by atoms with Gasteiger partial charge >= 0.3 is 18.2 Å². The third-order valence-corrected chi connectivity index (χ3v) is 14.8. The molecule has 3 saturated heterocycles. The van der Waals surface area contributed by atoms with E-state index in [1.807, 2.05) is 65.6 Å². The Kier molecular flexibility index (Phi) is 21.9. The number of benzene rings is 1. The Hall–Kier alpha value is -4.84. The highest BCUT2D eigenvalue weighted by Crippen LogP contribution is 2.42. The number of alkyl carbamates (subject to hydrolysis) is 1. The molecule has 0 radical (unpaired) electrons. The van der Waals surface area contributed by atoms with Crippen LogP contribution < -0.4 is 20.9 Å². The molecule has 3 aliphatic rings. The molecule has 21 heteroatoms. The maximum atomic E-state index is 14.8. The molecular weight excluding hydrogens is 975 g/mol. The van der Waals surface area contributed by atoms with Crippen molar-refractivity contribution in [1.82, 2.24) is 26.0 Å². The van der Waals surface area contributed by atoms with Crippen LogP contribution in [0, 0.1) is 23.2 Å². The number of esters is 1. The van der Waals surface area contributed by atoms with Gasteiger partial charge in [0.25, 0.3) is 5.91 Å². The van der Waals surface area contributed by atoms with Gasteiger partial charge in [0.05, 0.1) is 49.3 Å². The van der Waals surface area contributed by atoms with Crippen LogP contribution in [0.25, 0.3) is 6.08 Å². The number of rotatable bonds is 13. The molecule has 75 heavy (non-hydrogen) atoms. The van der Waals surface area contributed by atoms with E-state index >= 15 is 0 Å². The Balaban J connectivity index is 1.45. The Morgan fingerprint density at radius 2 is 1.59 bits per heavy atom. The molecule has 3 aliphatic heterocycles. The van der Waals surface area contributed by atoms with Gasteiger partial charge in [0.1, 0.15) is 42.0 Å². The number of likely N-dealkylation sites (N-methyl/N-ethyl adjacent to an activating group) is 2. The van der Waals surface area contributed by atoms with Crippen molar-refractivity contribution < 1.29 is 76.8 Å². The van der Waals surface area contributed by atoms with Crippen molar-refractivity contribution in [3.63, 3.8) is 0 Å². The van der Waals surface area contributed by atoms with Crippen LogP contribution in [0.5, 0.6) is 5.75 Å². The van der Waals surface area contributed by atoms with Crippen LogP contribution >= 0.6 is 0 Å². The molecule has 2 aromatic rings. The van der Waals surface area contributed by atoms with Gasteiger partial charge in [-0.3, -0.25) is 19.9 Å². The molecule has 21 nitrogen and oxygen atoms in total. The number of aliphatic hydroxyl groups is 3. The van der Waals surface area contributed by atoms with Gasteiger partial charge in [-0.1, -0.05) is 46.8 Å². The van der Waals surface area contributed by atoms with Gasteiger partial charge in [0, 0.05) is 49.0 Å². The third kappa shape index (κ3) is 16.6. The summed E-state index contributed by atoms with van der Waals surface area (Å²) in [6.45, 7) is 18.4. The topological polar surface area (TPSA) is 259 Å². The number of hydrogen-bond acceptors (Lipinski definition) is 18. The van der Waals surface area contributed by atoms with Gasteiger partial charge in [0.2, 0.25) is 0 Å². The smallest absolute Gasteiger partial charge is 0.426 e. The number of amides is 3. The molecule has 0 aliphatic carbocycles. The number of aliphatic hydroxyl groups excluding tert-OH is 2. The monoisotopic (exact) mass is 1060 g/mol. The highest BCUT2D eigenvalue weighted by atomic mass is 16.7. The fourth-order valence-corrected chi connectivity index (χ4v) is 10.7. The molecule has 0 saturated carbocycles. The summed E-state index contributed by atoms with van der Waals surface area (Å²) in [6.07, 6.45) is -8.13. The van der Waals surface area contributed by atoms with Crippen molar-refractivity contribution in [2.45, 2.75) is 187 Å². The molecule has 1 aromatic heterocycles. The molecule has 17 atom stereocenters. The van der Waals surface area contributed by atoms with Crippen LogP contribution in [0.3, 0.4) is 0 Å². The van der Waals surface area contributed by atoms with Crippen molar-refractivity contribution in [1.29, 1.82) is 0 Å². The van der Waals surface area contributed by atoms with E-state index in [2.05, 4.69) is 16.2 Å². The summed E-state index contributed by atoms with van der Waals surface area (Å²) in [7, 11) is 7.12. The second kappa shape index (κ2) is 27.0. The maximum absolute atomic E-state index is 14.8. The van der Waals surface area contributed by atoms with E-state index in [1.54, 1.807) is 78.1 Å². The predicted molar refractivity (Wildman–Crippen MR) is 275 cm³/mol. The number of nitrogens with one attached hydrogen (secondary N) is 3. The minimum absolute atomic E-state index is 0.127. The lowest BCUT2D eigenvalue weighted by Gasteiger charge is -2.49. The standard InChI is InChI=1S/C54H85N5O16/c1-15-40-44(62)46(73-51(64)55-28-36-18-20-37(67-14)21-19-36)34(6)59(13)29-30(2)26-54(10,66)47(74-50-43(61)39(58(11)12)25-31(3)69-50)32(4)45(33(5)49(63)71-40)72-42-27-53(8,9)48(35(7)70-42)75-52(65)57-56-41(60)23-22-38-17-16-24-68-38/h16-24,30-35,39-40,42-48,50,61-62,66H,15,25-29H2,1-14H3,(H,55,64)(H,56,60)(H,57,65)/b23-22+/t30-,31-,32+,33-,34-,35+,39+,40-,42?,43-,44+,45+,46-,47-,48+,50+,54+/m1/s1. The van der Waals surface area contributed by atoms with Crippen LogP contribution in [0.1, 0.15) is 106 Å². The molecule has 1 unspecified atom stereocenters. The zero-order valence-corrected chi connectivity index (χ0v) is 46.2. The van der Waals surface area contributed by atoms with E-state index in [-0.39, 0.29) is 43.9 Å². The minimum atomic E-state index is -1.68. The third-order valence-electron chi connectivity index (χ3n) is 14.8. The van der Waals surface area contributed by atoms with Crippen LogP contribution in [-0.2, 0) is 49.3 Å². The molecule has 3 fully saturated rings. The number of nitrogens with zero attached hydrogens (tertiary/aromatic N) is 2. The molecule has 5 rings (SSSR count). The summed E-state index contributed by atoms with van der Waals surface area (Å²) in [5.41, 5.74) is 2.83. The average Bonchev–Trinajstić information content (AvgIpc) is 3.88. The van der Waals surface area contributed by atoms with Crippen LogP contribution in [0.15, 0.2) is 53.2 Å². The zero-order chi connectivity index (χ0) is 55.5. The number of ether oxygens (including phenoxy) is 8. The number of furan rings is 1. The summed E-state index contributed by atoms with van der Waals surface area (Å²) in [5, 5.41) is 39.6. The number of hydrogen-bond donors (Lipinski definition) is 6. The molecule has 0 bridgehead atoms. The largest absolute Gasteiger partial charge is 0.497 e. The second-order valence-corrected chi connectivity index (χ2v) is 21.9. The van der Waals surface area contributed by atoms with Crippen molar-refractivity contribution in [2.24, 2.45) is 23.2 Å². The number of methoxy groups -OCH3 is 1. The van der Waals surface area contributed by atoms with Crippen LogP contribution in [-0.4, -0.2) is 169 Å². The molecule has 6 N–H and O–H groups in total. The molecule has 3 amide bonds. The number of carbonyl (C=O) groups is 4. The van der Waals surface area contributed by atoms with E-state index < -0.39 is 114 Å². The fraction of sp³-hybridized carbons (Fsp3) is 0.704. The number of hydrazine groups is 1. The first kappa shape index (κ1) is 61.0. The van der Waals surface area contributed by atoms with Gasteiger partial charge < -0.3 is 67.8 Å². The van der Waals surface area contributed by atoms with Gasteiger partial charge in [-0.25, -0.2) is 15.0 Å². The lowest BCUT2D eigenvalue weighted by Crippen LogP contribution is -2.60. The highest BCUT2D eigenvalue weighted by molar-refractivity contribution is 5.92. The first-order chi connectivity index (χ1) is 35.2. The first-order valence-corrected chi connectivity index (χ1v) is 26.1. The van der Waals surface area contributed by atoms with Crippen molar-refractivity contribution >= 4 is 30.1 Å². The fourth-order valence-electron chi connectivity index (χ4n) is 10.7. The molecule has 4 heterocycles. The minimum Gasteiger partial charge on any atom is -0.497 e. The molecule has 422 valence electrons. The van der Waals surface area contributed by atoms with E-state index in [0.29, 0.717) is 24.5 Å². The van der Waals surface area contributed by atoms with Crippen LogP contribution in [0.4, 0.5) is 9.59 Å². The Labute approximate surface area is 442 Å². The van der Waals surface area contributed by atoms with Gasteiger partial charge in [-0.2, -0.15) is 0 Å². The van der Waals surface area contributed by atoms with Crippen molar-refractivity contribution in [3.05, 3.63) is 60.1 Å². The van der Waals surface area contributed by atoms with Crippen LogP contribution in [0.2, 0.25) is 0 Å².